The molecule has 0 aromatic heterocycles. The molecule has 1 aromatic rings. The Balaban J connectivity index is 3.21. The SMILES string of the molecule is C#Cc1ccc(C(=O)O)cc1O. The number of hydrogen-bond acceptors (Lipinski definition) is 2. The number of phenolic OH excluding ortho intramolecular Hbond substituents is 1. The van der Waals surface area contributed by atoms with E-state index in [4.69, 9.17) is 16.6 Å². The second-order valence-electron chi connectivity index (χ2n) is 2.18. The normalized spacial score (nSPS) is 8.92. The van der Waals surface area contributed by atoms with Crippen LogP contribution in [-0.2, 0) is 0 Å². The molecule has 60 valence electrons. The van der Waals surface area contributed by atoms with E-state index in [0.717, 1.165) is 6.07 Å². The van der Waals surface area contributed by atoms with E-state index in [-0.39, 0.29) is 11.3 Å². The van der Waals surface area contributed by atoms with E-state index >= 15 is 0 Å². The molecule has 0 spiro atoms. The first-order valence-electron chi connectivity index (χ1n) is 3.18. The van der Waals surface area contributed by atoms with Crippen LogP contribution in [0.2, 0.25) is 0 Å². The maximum Gasteiger partial charge on any atom is 0.335 e. The molecule has 0 fully saturated rings. The van der Waals surface area contributed by atoms with Gasteiger partial charge in [-0.05, 0) is 18.2 Å². The highest BCUT2D eigenvalue weighted by atomic mass is 16.4. The standard InChI is InChI=1S/C9H6O3/c1-2-6-3-4-7(9(11)12)5-8(6)10/h1,3-5,10H,(H,11,12). The summed E-state index contributed by atoms with van der Waals surface area (Å²) in [7, 11) is 0. The molecule has 2 N–H and O–H groups in total. The van der Waals surface area contributed by atoms with E-state index in [0.29, 0.717) is 5.56 Å². The van der Waals surface area contributed by atoms with Gasteiger partial charge >= 0.3 is 5.97 Å². The lowest BCUT2D eigenvalue weighted by Gasteiger charge is -1.97. The molecular formula is C9H6O3. The van der Waals surface area contributed by atoms with Gasteiger partial charge in [0, 0.05) is 0 Å². The zero-order valence-electron chi connectivity index (χ0n) is 6.11. The summed E-state index contributed by atoms with van der Waals surface area (Å²) in [5, 5.41) is 17.6. The average molecular weight is 162 g/mol. The number of carboxylic acid groups (broad SMARTS) is 1. The Morgan fingerprint density at radius 3 is 2.58 bits per heavy atom. The quantitative estimate of drug-likeness (QED) is 0.607. The second kappa shape index (κ2) is 2.97. The number of aromatic carboxylic acids is 1. The summed E-state index contributed by atoms with van der Waals surface area (Å²) in [6, 6.07) is 3.85. The zero-order chi connectivity index (χ0) is 9.14. The Morgan fingerprint density at radius 2 is 2.17 bits per heavy atom. The van der Waals surface area contributed by atoms with Crippen molar-refractivity contribution in [3.05, 3.63) is 29.3 Å². The number of terminal acetylenes is 1. The van der Waals surface area contributed by atoms with Gasteiger partial charge in [0.25, 0.3) is 0 Å². The van der Waals surface area contributed by atoms with Crippen molar-refractivity contribution in [2.45, 2.75) is 0 Å². The number of phenols is 1. The van der Waals surface area contributed by atoms with Gasteiger partial charge in [0.15, 0.2) is 0 Å². The van der Waals surface area contributed by atoms with Gasteiger partial charge in [0.2, 0.25) is 0 Å². The van der Waals surface area contributed by atoms with Gasteiger partial charge in [0.1, 0.15) is 5.75 Å². The summed E-state index contributed by atoms with van der Waals surface area (Å²) in [6.07, 6.45) is 5.02. The van der Waals surface area contributed by atoms with E-state index in [2.05, 4.69) is 5.92 Å². The van der Waals surface area contributed by atoms with E-state index in [1.165, 1.54) is 12.1 Å². The predicted octanol–water partition coefficient (Wildman–Crippen LogP) is 1.07. The fourth-order valence-corrected chi connectivity index (χ4v) is 0.787. The molecular weight excluding hydrogens is 156 g/mol. The van der Waals surface area contributed by atoms with E-state index in [9.17, 15) is 4.79 Å². The third-order valence-electron chi connectivity index (χ3n) is 1.40. The van der Waals surface area contributed by atoms with Crippen molar-refractivity contribution in [2.24, 2.45) is 0 Å². The Bertz CT molecular complexity index is 361. The van der Waals surface area contributed by atoms with Crippen LogP contribution in [0, 0.1) is 12.3 Å². The average Bonchev–Trinajstić information content (AvgIpc) is 2.04. The first kappa shape index (κ1) is 8.15. The first-order valence-corrected chi connectivity index (χ1v) is 3.18. The molecule has 0 atom stereocenters. The van der Waals surface area contributed by atoms with Gasteiger partial charge in [-0.3, -0.25) is 0 Å². The summed E-state index contributed by atoms with van der Waals surface area (Å²) in [5.74, 6) is 0.946. The fourth-order valence-electron chi connectivity index (χ4n) is 0.787. The molecule has 1 aromatic carbocycles. The van der Waals surface area contributed by atoms with Crippen molar-refractivity contribution in [2.75, 3.05) is 0 Å². The molecule has 0 bridgehead atoms. The highest BCUT2D eigenvalue weighted by molar-refractivity contribution is 5.88. The predicted molar refractivity (Wildman–Crippen MR) is 43.0 cm³/mol. The lowest BCUT2D eigenvalue weighted by Crippen LogP contribution is -1.95. The Morgan fingerprint density at radius 1 is 1.50 bits per heavy atom. The summed E-state index contributed by atoms with van der Waals surface area (Å²) in [4.78, 5) is 10.4. The monoisotopic (exact) mass is 162 g/mol. The molecule has 0 aliphatic heterocycles. The van der Waals surface area contributed by atoms with Crippen LogP contribution in [0.3, 0.4) is 0 Å². The minimum Gasteiger partial charge on any atom is -0.507 e. The smallest absolute Gasteiger partial charge is 0.335 e. The summed E-state index contributed by atoms with van der Waals surface area (Å²) >= 11 is 0. The molecule has 0 saturated carbocycles. The van der Waals surface area contributed by atoms with Crippen molar-refractivity contribution < 1.29 is 15.0 Å². The second-order valence-corrected chi connectivity index (χ2v) is 2.18. The lowest BCUT2D eigenvalue weighted by atomic mass is 10.1. The van der Waals surface area contributed by atoms with E-state index in [1.54, 1.807) is 0 Å². The van der Waals surface area contributed by atoms with E-state index < -0.39 is 5.97 Å². The van der Waals surface area contributed by atoms with Crippen molar-refractivity contribution in [1.29, 1.82) is 0 Å². The highest BCUT2D eigenvalue weighted by Crippen LogP contribution is 2.17. The van der Waals surface area contributed by atoms with Crippen molar-refractivity contribution in [3.8, 4) is 18.1 Å². The lowest BCUT2D eigenvalue weighted by molar-refractivity contribution is 0.0696. The van der Waals surface area contributed by atoms with Gasteiger partial charge in [0.05, 0.1) is 11.1 Å². The van der Waals surface area contributed by atoms with Crippen LogP contribution in [0.4, 0.5) is 0 Å². The fraction of sp³-hybridized carbons (Fsp3) is 0. The van der Waals surface area contributed by atoms with Gasteiger partial charge in [-0.15, -0.1) is 6.42 Å². The summed E-state index contributed by atoms with van der Waals surface area (Å²) in [5.41, 5.74) is 0.312. The number of benzene rings is 1. The maximum absolute atomic E-state index is 10.4. The summed E-state index contributed by atoms with van der Waals surface area (Å²) in [6.45, 7) is 0. The third-order valence-corrected chi connectivity index (χ3v) is 1.40. The first-order chi connectivity index (χ1) is 5.65. The molecule has 12 heavy (non-hydrogen) atoms. The minimum absolute atomic E-state index is 0.0199. The van der Waals surface area contributed by atoms with Crippen molar-refractivity contribution in [1.82, 2.24) is 0 Å². The molecule has 0 aliphatic carbocycles. The number of hydrogen-bond donors (Lipinski definition) is 2. The number of rotatable bonds is 1. The van der Waals surface area contributed by atoms with E-state index in [1.807, 2.05) is 0 Å². The minimum atomic E-state index is -1.09. The summed E-state index contributed by atoms with van der Waals surface area (Å²) < 4.78 is 0. The number of carboxylic acids is 1. The van der Waals surface area contributed by atoms with Crippen LogP contribution in [0.15, 0.2) is 18.2 Å². The van der Waals surface area contributed by atoms with Gasteiger partial charge < -0.3 is 10.2 Å². The molecule has 0 heterocycles. The Labute approximate surface area is 69.3 Å². The Kier molecular flexibility index (Phi) is 2.02. The topological polar surface area (TPSA) is 57.5 Å². The van der Waals surface area contributed by atoms with Crippen LogP contribution >= 0.6 is 0 Å². The molecule has 1 rings (SSSR count). The molecule has 0 radical (unpaired) electrons. The Hall–Kier alpha value is -1.95. The van der Waals surface area contributed by atoms with Gasteiger partial charge in [-0.25, -0.2) is 4.79 Å². The molecule has 3 nitrogen and oxygen atoms in total. The highest BCUT2D eigenvalue weighted by Gasteiger charge is 2.05. The zero-order valence-corrected chi connectivity index (χ0v) is 6.11. The van der Waals surface area contributed by atoms with Crippen LogP contribution < -0.4 is 0 Å². The van der Waals surface area contributed by atoms with Crippen LogP contribution in [0.1, 0.15) is 15.9 Å². The molecule has 0 aliphatic rings. The van der Waals surface area contributed by atoms with Crippen LogP contribution in [-0.4, -0.2) is 16.2 Å². The van der Waals surface area contributed by atoms with Crippen LogP contribution in [0.5, 0.6) is 5.75 Å². The van der Waals surface area contributed by atoms with Crippen molar-refractivity contribution >= 4 is 5.97 Å². The third kappa shape index (κ3) is 1.38. The van der Waals surface area contributed by atoms with Crippen molar-refractivity contribution in [3.63, 3.8) is 0 Å². The largest absolute Gasteiger partial charge is 0.507 e. The molecule has 3 heteroatoms. The van der Waals surface area contributed by atoms with Crippen LogP contribution in [0.25, 0.3) is 0 Å². The molecule has 0 unspecified atom stereocenters. The maximum atomic E-state index is 10.4. The van der Waals surface area contributed by atoms with Gasteiger partial charge in [-0.2, -0.15) is 0 Å². The number of carbonyl (C=O) groups is 1. The van der Waals surface area contributed by atoms with Gasteiger partial charge in [-0.1, -0.05) is 5.92 Å². The molecule has 0 saturated heterocycles. The molecule has 0 amide bonds. The number of aromatic hydroxyl groups is 1.